The van der Waals surface area contributed by atoms with Crippen molar-refractivity contribution in [2.75, 3.05) is 11.9 Å². The molecule has 160 valence electrons. The van der Waals surface area contributed by atoms with Crippen LogP contribution >= 0.6 is 11.3 Å². The Labute approximate surface area is 188 Å². The molecule has 5 rings (SSSR count). The van der Waals surface area contributed by atoms with Crippen LogP contribution in [0.25, 0.3) is 32.9 Å². The number of fused-ring (bicyclic) bond motifs is 1. The van der Waals surface area contributed by atoms with Crippen LogP contribution in [0.5, 0.6) is 0 Å². The van der Waals surface area contributed by atoms with Crippen LogP contribution in [-0.4, -0.2) is 38.0 Å². The van der Waals surface area contributed by atoms with Crippen molar-refractivity contribution in [2.24, 2.45) is 5.73 Å². The smallest absolute Gasteiger partial charge is 0.222 e. The van der Waals surface area contributed by atoms with Crippen molar-refractivity contribution in [3.05, 3.63) is 78.1 Å². The molecule has 0 radical (unpaired) electrons. The van der Waals surface area contributed by atoms with E-state index in [1.165, 1.54) is 5.56 Å². The average molecular weight is 445 g/mol. The molecule has 1 atom stereocenters. The van der Waals surface area contributed by atoms with Gasteiger partial charge in [-0.1, -0.05) is 30.3 Å². The lowest BCUT2D eigenvalue weighted by molar-refractivity contribution is -0.904. The summed E-state index contributed by atoms with van der Waals surface area (Å²) in [5.41, 5.74) is 11.1. The van der Waals surface area contributed by atoms with Crippen molar-refractivity contribution < 1.29 is 9.94 Å². The van der Waals surface area contributed by atoms with Crippen LogP contribution in [0, 0.1) is 0 Å². The van der Waals surface area contributed by atoms with Crippen LogP contribution in [0.1, 0.15) is 5.56 Å². The maximum atomic E-state index is 9.57. The Morgan fingerprint density at radius 2 is 1.91 bits per heavy atom. The number of pyridine rings is 1. The van der Waals surface area contributed by atoms with Gasteiger partial charge < -0.3 is 11.1 Å². The third-order valence-corrected chi connectivity index (χ3v) is 6.13. The van der Waals surface area contributed by atoms with Crippen molar-refractivity contribution in [3.8, 4) is 22.6 Å². The lowest BCUT2D eigenvalue weighted by Crippen LogP contribution is -2.31. The lowest BCUT2D eigenvalue weighted by Gasteiger charge is -2.14. The first-order valence-corrected chi connectivity index (χ1v) is 11.1. The Bertz CT molecular complexity index is 1320. The molecule has 0 aliphatic rings. The summed E-state index contributed by atoms with van der Waals surface area (Å²) in [5, 5.41) is 22.2. The average Bonchev–Trinajstić information content (AvgIpc) is 3.48. The Morgan fingerprint density at radius 1 is 1.09 bits per heavy atom. The SMILES string of the molecule is N[C@H](CNc1nc(-c2cc[n+](O)cc2)nc2c(-c3ccn[nH]3)csc12)Cc1ccccc1. The molecule has 4 heterocycles. The summed E-state index contributed by atoms with van der Waals surface area (Å²) in [5.74, 6) is 1.31. The first-order chi connectivity index (χ1) is 15.7. The van der Waals surface area contributed by atoms with Gasteiger partial charge in [-0.3, -0.25) is 10.3 Å². The first kappa shape index (κ1) is 20.1. The zero-order valence-electron chi connectivity index (χ0n) is 17.1. The normalized spacial score (nSPS) is 12.2. The number of hydrogen-bond donors (Lipinski definition) is 4. The van der Waals surface area contributed by atoms with E-state index in [9.17, 15) is 5.21 Å². The fourth-order valence-electron chi connectivity index (χ4n) is 3.55. The minimum absolute atomic E-state index is 0.0667. The van der Waals surface area contributed by atoms with Gasteiger partial charge in [0.2, 0.25) is 12.4 Å². The molecule has 0 saturated carbocycles. The van der Waals surface area contributed by atoms with Crippen LogP contribution in [0.15, 0.2) is 72.5 Å². The van der Waals surface area contributed by atoms with Crippen LogP contribution < -0.4 is 15.8 Å². The van der Waals surface area contributed by atoms with E-state index in [4.69, 9.17) is 15.7 Å². The number of nitrogens with two attached hydrogens (primary N) is 1. The number of hydrogen-bond acceptors (Lipinski definition) is 7. The summed E-state index contributed by atoms with van der Waals surface area (Å²) < 4.78 is 1.95. The topological polar surface area (TPSA) is 117 Å². The number of thiophene rings is 1. The summed E-state index contributed by atoms with van der Waals surface area (Å²) in [6.07, 6.45) is 5.60. The molecular formula is C23H22N7OS+. The highest BCUT2D eigenvalue weighted by atomic mass is 32.1. The molecule has 1 aromatic carbocycles. The molecule has 0 fully saturated rings. The van der Waals surface area contributed by atoms with Crippen molar-refractivity contribution in [3.63, 3.8) is 0 Å². The first-order valence-electron chi connectivity index (χ1n) is 10.2. The van der Waals surface area contributed by atoms with E-state index in [0.717, 1.165) is 44.0 Å². The van der Waals surface area contributed by atoms with E-state index >= 15 is 0 Å². The molecule has 32 heavy (non-hydrogen) atoms. The number of nitrogens with one attached hydrogen (secondary N) is 2. The van der Waals surface area contributed by atoms with E-state index in [0.29, 0.717) is 12.4 Å². The van der Waals surface area contributed by atoms with Gasteiger partial charge in [-0.2, -0.15) is 5.10 Å². The maximum absolute atomic E-state index is 9.57. The molecule has 0 spiro atoms. The molecule has 0 bridgehead atoms. The van der Waals surface area contributed by atoms with E-state index in [1.807, 2.05) is 24.3 Å². The van der Waals surface area contributed by atoms with Crippen molar-refractivity contribution in [1.82, 2.24) is 20.2 Å². The number of H-pyrrole nitrogens is 1. The molecule has 5 N–H and O–H groups in total. The molecule has 0 saturated heterocycles. The van der Waals surface area contributed by atoms with Crippen molar-refractivity contribution in [1.29, 1.82) is 0 Å². The Morgan fingerprint density at radius 3 is 2.66 bits per heavy atom. The van der Waals surface area contributed by atoms with Gasteiger partial charge in [0.1, 0.15) is 5.82 Å². The van der Waals surface area contributed by atoms with Gasteiger partial charge in [0, 0.05) is 52.2 Å². The fourth-order valence-corrected chi connectivity index (χ4v) is 4.52. The second-order valence-electron chi connectivity index (χ2n) is 7.49. The number of aromatic amines is 1. The minimum Gasteiger partial charge on any atom is -0.367 e. The number of anilines is 1. The Hall–Kier alpha value is -3.82. The van der Waals surface area contributed by atoms with E-state index in [2.05, 4.69) is 33.0 Å². The molecule has 0 amide bonds. The van der Waals surface area contributed by atoms with Crippen LogP contribution in [0.3, 0.4) is 0 Å². The van der Waals surface area contributed by atoms with Crippen LogP contribution in [-0.2, 0) is 6.42 Å². The van der Waals surface area contributed by atoms with Crippen molar-refractivity contribution in [2.45, 2.75) is 12.5 Å². The lowest BCUT2D eigenvalue weighted by atomic mass is 10.1. The largest absolute Gasteiger partial charge is 0.367 e. The monoisotopic (exact) mass is 444 g/mol. The molecule has 9 heteroatoms. The summed E-state index contributed by atoms with van der Waals surface area (Å²) >= 11 is 1.58. The van der Waals surface area contributed by atoms with Gasteiger partial charge in [-0.05, 0) is 18.1 Å². The standard InChI is InChI=1S/C23H22N7OS/c24-17(12-15-4-2-1-3-5-15)13-25-23-21-20(18(14-32-21)19-6-9-26-29-19)27-22(28-23)16-7-10-30(31)11-8-16/h1-11,14,17,31H,12-13,24H2,(H,26,29)(H,25,27,28)/q+1/t17-/m0/s1. The van der Waals surface area contributed by atoms with Gasteiger partial charge in [-0.15, -0.1) is 11.3 Å². The van der Waals surface area contributed by atoms with Gasteiger partial charge in [0.25, 0.3) is 0 Å². The molecule has 0 unspecified atom stereocenters. The van der Waals surface area contributed by atoms with E-state index in [-0.39, 0.29) is 6.04 Å². The Balaban J connectivity index is 1.49. The predicted octanol–water partition coefficient (Wildman–Crippen LogP) is 3.26. The summed E-state index contributed by atoms with van der Waals surface area (Å²) in [6.45, 7) is 0.573. The Kier molecular flexibility index (Phi) is 5.49. The van der Waals surface area contributed by atoms with E-state index in [1.54, 1.807) is 42.1 Å². The predicted molar refractivity (Wildman–Crippen MR) is 124 cm³/mol. The maximum Gasteiger partial charge on any atom is 0.222 e. The van der Waals surface area contributed by atoms with Crippen LogP contribution in [0.4, 0.5) is 5.82 Å². The van der Waals surface area contributed by atoms with Gasteiger partial charge in [-0.25, -0.2) is 9.97 Å². The highest BCUT2D eigenvalue weighted by Crippen LogP contribution is 2.36. The number of nitrogens with zero attached hydrogens (tertiary/aromatic N) is 4. The highest BCUT2D eigenvalue weighted by Gasteiger charge is 2.17. The molecule has 0 aliphatic carbocycles. The quantitative estimate of drug-likeness (QED) is 0.226. The van der Waals surface area contributed by atoms with Gasteiger partial charge in [0.15, 0.2) is 5.82 Å². The summed E-state index contributed by atoms with van der Waals surface area (Å²) in [7, 11) is 0. The number of aromatic nitrogens is 5. The molecule has 8 nitrogen and oxygen atoms in total. The van der Waals surface area contributed by atoms with Gasteiger partial charge >= 0.3 is 0 Å². The van der Waals surface area contributed by atoms with Gasteiger partial charge in [0.05, 0.1) is 15.9 Å². The molecule has 4 aromatic heterocycles. The molecular weight excluding hydrogens is 422 g/mol. The van der Waals surface area contributed by atoms with Crippen molar-refractivity contribution >= 4 is 27.4 Å². The van der Waals surface area contributed by atoms with Crippen LogP contribution in [0.2, 0.25) is 0 Å². The zero-order chi connectivity index (χ0) is 21.9. The second kappa shape index (κ2) is 8.74. The second-order valence-corrected chi connectivity index (χ2v) is 8.37. The minimum atomic E-state index is -0.0667. The molecule has 5 aromatic rings. The summed E-state index contributed by atoms with van der Waals surface area (Å²) in [6, 6.07) is 15.6. The third-order valence-electron chi connectivity index (χ3n) is 5.15. The third kappa shape index (κ3) is 4.16. The number of benzene rings is 1. The zero-order valence-corrected chi connectivity index (χ0v) is 18.0. The molecule has 0 aliphatic heterocycles. The summed E-state index contributed by atoms with van der Waals surface area (Å²) in [4.78, 5) is 9.63. The number of rotatable bonds is 7. The van der Waals surface area contributed by atoms with E-state index < -0.39 is 0 Å². The fraction of sp³-hybridized carbons (Fsp3) is 0.130. The highest BCUT2D eigenvalue weighted by molar-refractivity contribution is 7.18.